The molecule has 10 nitrogen and oxygen atoms in total. The lowest BCUT2D eigenvalue weighted by Crippen LogP contribution is -2.07. The van der Waals surface area contributed by atoms with Crippen molar-refractivity contribution in [3.63, 3.8) is 0 Å². The Morgan fingerprint density at radius 1 is 1.17 bits per heavy atom. The van der Waals surface area contributed by atoms with Gasteiger partial charge >= 0.3 is 0 Å². The maximum absolute atomic E-state index is 12.1. The molecule has 0 bridgehead atoms. The average molecular weight is 410 g/mol. The number of methoxy groups -OCH3 is 1. The largest absolute Gasteiger partial charge is 0.479 e. The molecular weight excluding hydrogens is 398 g/mol. The second kappa shape index (κ2) is 6.60. The number of pyridine rings is 1. The molecule has 5 aromatic rings. The zero-order valence-electron chi connectivity index (χ0n) is 14.9. The molecular formula is C18H12ClN7O3. The van der Waals surface area contributed by atoms with E-state index in [1.54, 1.807) is 41.0 Å². The van der Waals surface area contributed by atoms with Crippen LogP contribution in [-0.2, 0) is 0 Å². The van der Waals surface area contributed by atoms with Gasteiger partial charge in [-0.2, -0.15) is 5.10 Å². The molecule has 29 heavy (non-hydrogen) atoms. The number of aromatic nitrogens is 7. The maximum Gasteiger partial charge on any atom is 0.265 e. The Bertz CT molecular complexity index is 1420. The second-order valence-corrected chi connectivity index (χ2v) is 6.40. The van der Waals surface area contributed by atoms with Crippen LogP contribution in [0.2, 0.25) is 5.02 Å². The lowest BCUT2D eigenvalue weighted by atomic mass is 10.3. The van der Waals surface area contributed by atoms with Crippen LogP contribution in [-0.4, -0.2) is 41.5 Å². The second-order valence-electron chi connectivity index (χ2n) is 5.99. The summed E-state index contributed by atoms with van der Waals surface area (Å²) in [6.45, 7) is 0. The predicted molar refractivity (Wildman–Crippen MR) is 104 cm³/mol. The van der Waals surface area contributed by atoms with E-state index in [0.717, 1.165) is 0 Å². The molecule has 0 aliphatic heterocycles. The summed E-state index contributed by atoms with van der Waals surface area (Å²) in [5.74, 6) is 1.19. The third-order valence-electron chi connectivity index (χ3n) is 4.27. The minimum Gasteiger partial charge on any atom is -0.479 e. The van der Waals surface area contributed by atoms with Gasteiger partial charge in [0.25, 0.3) is 5.56 Å². The zero-order chi connectivity index (χ0) is 20.0. The van der Waals surface area contributed by atoms with Crippen molar-refractivity contribution in [2.75, 3.05) is 7.11 Å². The topological polar surface area (TPSA) is 112 Å². The molecule has 0 atom stereocenters. The van der Waals surface area contributed by atoms with Crippen LogP contribution in [0.1, 0.15) is 0 Å². The number of H-pyrrole nitrogens is 1. The van der Waals surface area contributed by atoms with E-state index in [-0.39, 0.29) is 16.8 Å². The van der Waals surface area contributed by atoms with Gasteiger partial charge in [-0.25, -0.2) is 19.2 Å². The molecule has 1 aromatic carbocycles. The number of nitrogens with zero attached hydrogens (tertiary/aromatic N) is 6. The van der Waals surface area contributed by atoms with E-state index in [2.05, 4.69) is 25.1 Å². The van der Waals surface area contributed by atoms with Gasteiger partial charge in [-0.05, 0) is 24.3 Å². The third kappa shape index (κ3) is 2.86. The van der Waals surface area contributed by atoms with Crippen molar-refractivity contribution in [1.29, 1.82) is 0 Å². The van der Waals surface area contributed by atoms with E-state index in [0.29, 0.717) is 33.5 Å². The third-order valence-corrected chi connectivity index (χ3v) is 4.57. The van der Waals surface area contributed by atoms with Crippen LogP contribution >= 0.6 is 11.6 Å². The summed E-state index contributed by atoms with van der Waals surface area (Å²) in [5, 5.41) is 8.97. The Balaban J connectivity index is 1.54. The summed E-state index contributed by atoms with van der Waals surface area (Å²) in [6, 6.07) is 8.64. The van der Waals surface area contributed by atoms with Crippen LogP contribution in [0.3, 0.4) is 0 Å². The fraction of sp³-hybridized carbons (Fsp3) is 0.0556. The standard InChI is InChI=1S/C18H12ClN7O3/c1-28-18-15-16(21-8-22-17(15)27)26(24-18)10-2-3-13(12(19)6-10)29-11-4-5-25-14(7-11)20-9-23-25/h2-9H,1H3,(H,21,22,27). The van der Waals surface area contributed by atoms with Crippen LogP contribution < -0.4 is 15.0 Å². The van der Waals surface area contributed by atoms with Crippen LogP contribution in [0.4, 0.5) is 0 Å². The highest BCUT2D eigenvalue weighted by Gasteiger charge is 2.17. The van der Waals surface area contributed by atoms with E-state index in [4.69, 9.17) is 21.1 Å². The quantitative estimate of drug-likeness (QED) is 0.485. The van der Waals surface area contributed by atoms with Crippen LogP contribution in [0, 0.1) is 0 Å². The van der Waals surface area contributed by atoms with E-state index in [1.807, 2.05) is 0 Å². The van der Waals surface area contributed by atoms with Gasteiger partial charge in [-0.15, -0.1) is 5.10 Å². The molecule has 0 unspecified atom stereocenters. The van der Waals surface area contributed by atoms with Gasteiger partial charge in [0.15, 0.2) is 11.3 Å². The highest BCUT2D eigenvalue weighted by Crippen LogP contribution is 2.32. The number of aromatic amines is 1. The highest BCUT2D eigenvalue weighted by molar-refractivity contribution is 6.32. The number of halogens is 1. The van der Waals surface area contributed by atoms with Crippen LogP contribution in [0.15, 0.2) is 54.0 Å². The maximum atomic E-state index is 12.1. The summed E-state index contributed by atoms with van der Waals surface area (Å²) in [6.07, 6.45) is 4.51. The molecule has 1 N–H and O–H groups in total. The van der Waals surface area contributed by atoms with Gasteiger partial charge in [0, 0.05) is 12.3 Å². The number of hydrogen-bond acceptors (Lipinski definition) is 7. The van der Waals surface area contributed by atoms with Gasteiger partial charge in [0.1, 0.15) is 23.2 Å². The average Bonchev–Trinajstić information content (AvgIpc) is 3.34. The molecule has 0 saturated carbocycles. The fourth-order valence-electron chi connectivity index (χ4n) is 2.95. The van der Waals surface area contributed by atoms with Gasteiger partial charge < -0.3 is 14.5 Å². The Hall–Kier alpha value is -3.92. The zero-order valence-corrected chi connectivity index (χ0v) is 15.7. The predicted octanol–water partition coefficient (Wildman–Crippen LogP) is 2.61. The summed E-state index contributed by atoms with van der Waals surface area (Å²) >= 11 is 6.43. The lowest BCUT2D eigenvalue weighted by Gasteiger charge is -2.09. The molecule has 144 valence electrons. The Kier molecular flexibility index (Phi) is 3.91. The van der Waals surface area contributed by atoms with Gasteiger partial charge in [-0.3, -0.25) is 4.79 Å². The SMILES string of the molecule is COc1nn(-c2ccc(Oc3ccn4ncnc4c3)c(Cl)c2)c2nc[nH]c(=O)c12. The first-order valence-corrected chi connectivity index (χ1v) is 8.79. The molecule has 4 heterocycles. The number of ether oxygens (including phenoxy) is 2. The molecule has 11 heteroatoms. The number of fused-ring (bicyclic) bond motifs is 2. The molecule has 4 aromatic heterocycles. The first-order chi connectivity index (χ1) is 14.1. The fourth-order valence-corrected chi connectivity index (χ4v) is 3.16. The molecule has 0 aliphatic rings. The Labute approximate surface area is 167 Å². The summed E-state index contributed by atoms with van der Waals surface area (Å²) < 4.78 is 14.2. The number of rotatable bonds is 4. The van der Waals surface area contributed by atoms with E-state index >= 15 is 0 Å². The number of benzene rings is 1. The van der Waals surface area contributed by atoms with Crippen molar-refractivity contribution in [2.45, 2.75) is 0 Å². The first-order valence-electron chi connectivity index (χ1n) is 8.41. The van der Waals surface area contributed by atoms with Crippen molar-refractivity contribution < 1.29 is 9.47 Å². The van der Waals surface area contributed by atoms with Crippen molar-refractivity contribution in [2.24, 2.45) is 0 Å². The number of nitrogens with one attached hydrogen (secondary N) is 1. The van der Waals surface area contributed by atoms with Gasteiger partial charge in [0.05, 0.1) is 24.1 Å². The smallest absolute Gasteiger partial charge is 0.265 e. The summed E-state index contributed by atoms with van der Waals surface area (Å²) in [7, 11) is 1.44. The van der Waals surface area contributed by atoms with Crippen molar-refractivity contribution in [1.82, 2.24) is 34.3 Å². The summed E-state index contributed by atoms with van der Waals surface area (Å²) in [5.41, 5.74) is 1.27. The van der Waals surface area contributed by atoms with E-state index < -0.39 is 0 Å². The van der Waals surface area contributed by atoms with Gasteiger partial charge in [0.2, 0.25) is 5.88 Å². The minimum absolute atomic E-state index is 0.174. The molecule has 0 spiro atoms. The summed E-state index contributed by atoms with van der Waals surface area (Å²) in [4.78, 5) is 23.0. The lowest BCUT2D eigenvalue weighted by molar-refractivity contribution is 0.398. The van der Waals surface area contributed by atoms with Crippen molar-refractivity contribution >= 4 is 28.3 Å². The van der Waals surface area contributed by atoms with Crippen LogP contribution in [0.25, 0.3) is 22.4 Å². The van der Waals surface area contributed by atoms with E-state index in [9.17, 15) is 4.79 Å². The monoisotopic (exact) mass is 409 g/mol. The molecule has 0 amide bonds. The van der Waals surface area contributed by atoms with Crippen molar-refractivity contribution in [3.05, 3.63) is 64.6 Å². The first kappa shape index (κ1) is 17.2. The van der Waals surface area contributed by atoms with E-state index in [1.165, 1.54) is 24.4 Å². The molecule has 0 aliphatic carbocycles. The molecule has 0 saturated heterocycles. The molecule has 5 rings (SSSR count). The highest BCUT2D eigenvalue weighted by atomic mass is 35.5. The number of hydrogen-bond donors (Lipinski definition) is 1. The molecule has 0 radical (unpaired) electrons. The molecule has 0 fully saturated rings. The van der Waals surface area contributed by atoms with Gasteiger partial charge in [-0.1, -0.05) is 11.6 Å². The Morgan fingerprint density at radius 3 is 2.90 bits per heavy atom. The van der Waals surface area contributed by atoms with Crippen LogP contribution in [0.5, 0.6) is 17.4 Å². The normalized spacial score (nSPS) is 11.2. The van der Waals surface area contributed by atoms with Crippen molar-refractivity contribution in [3.8, 4) is 23.1 Å². The Morgan fingerprint density at radius 2 is 2.07 bits per heavy atom. The minimum atomic E-state index is -0.340.